The van der Waals surface area contributed by atoms with Crippen molar-refractivity contribution in [1.29, 1.82) is 0 Å². The van der Waals surface area contributed by atoms with Gasteiger partial charge in [-0.25, -0.2) is 4.79 Å². The molecule has 0 saturated carbocycles. The number of H-pyrrole nitrogens is 1. The molecule has 1 fully saturated rings. The molecule has 134 valence electrons. The van der Waals surface area contributed by atoms with Gasteiger partial charge in [-0.3, -0.25) is 5.10 Å². The first-order valence-electron chi connectivity index (χ1n) is 8.68. The molecule has 0 aliphatic carbocycles. The van der Waals surface area contributed by atoms with Crippen molar-refractivity contribution < 1.29 is 4.79 Å². The first kappa shape index (κ1) is 16.7. The van der Waals surface area contributed by atoms with Crippen LogP contribution in [0.25, 0.3) is 10.9 Å². The lowest BCUT2D eigenvalue weighted by atomic mass is 10.1. The zero-order chi connectivity index (χ0) is 17.9. The molecule has 3 N–H and O–H groups in total. The van der Waals surface area contributed by atoms with Crippen LogP contribution in [-0.4, -0.2) is 40.3 Å². The van der Waals surface area contributed by atoms with Crippen molar-refractivity contribution in [3.05, 3.63) is 53.7 Å². The minimum absolute atomic E-state index is 0.0795. The monoisotopic (exact) mass is 369 g/mol. The molecule has 1 unspecified atom stereocenters. The highest BCUT2D eigenvalue weighted by Gasteiger charge is 2.23. The Bertz CT molecular complexity index is 908. The molecular weight excluding hydrogens is 350 g/mol. The SMILES string of the molecule is O=C(Nc1ccc(Cl)cc1)N1CCCC(Nc2ccc3[nH]ncc3c2)C1. The van der Waals surface area contributed by atoms with Gasteiger partial charge in [0.1, 0.15) is 0 Å². The van der Waals surface area contributed by atoms with Gasteiger partial charge in [0.25, 0.3) is 0 Å². The van der Waals surface area contributed by atoms with Crippen LogP contribution in [-0.2, 0) is 0 Å². The van der Waals surface area contributed by atoms with Crippen molar-refractivity contribution in [2.45, 2.75) is 18.9 Å². The van der Waals surface area contributed by atoms with E-state index in [2.05, 4.69) is 26.9 Å². The average molecular weight is 370 g/mol. The second-order valence-electron chi connectivity index (χ2n) is 6.54. The Morgan fingerprint density at radius 1 is 1.19 bits per heavy atom. The van der Waals surface area contributed by atoms with E-state index < -0.39 is 0 Å². The van der Waals surface area contributed by atoms with Crippen molar-refractivity contribution in [1.82, 2.24) is 15.1 Å². The van der Waals surface area contributed by atoms with Crippen molar-refractivity contribution >= 4 is 39.9 Å². The summed E-state index contributed by atoms with van der Waals surface area (Å²) in [6.07, 6.45) is 3.82. The predicted octanol–water partition coefficient (Wildman–Crippen LogP) is 4.32. The molecular formula is C19H20ClN5O. The van der Waals surface area contributed by atoms with Gasteiger partial charge in [-0.05, 0) is 55.3 Å². The van der Waals surface area contributed by atoms with Gasteiger partial charge in [0.15, 0.2) is 0 Å². The molecule has 2 amide bonds. The van der Waals surface area contributed by atoms with E-state index in [-0.39, 0.29) is 12.1 Å². The minimum Gasteiger partial charge on any atom is -0.381 e. The number of fused-ring (bicyclic) bond motifs is 1. The lowest BCUT2D eigenvalue weighted by Crippen LogP contribution is -2.46. The van der Waals surface area contributed by atoms with E-state index in [0.717, 1.165) is 41.7 Å². The molecule has 0 bridgehead atoms. The normalized spacial score (nSPS) is 17.3. The average Bonchev–Trinajstić information content (AvgIpc) is 3.12. The van der Waals surface area contributed by atoms with Crippen molar-refractivity contribution in [3.8, 4) is 0 Å². The Kier molecular flexibility index (Phi) is 4.67. The molecule has 0 radical (unpaired) electrons. The van der Waals surface area contributed by atoms with Crippen molar-refractivity contribution in [2.24, 2.45) is 0 Å². The zero-order valence-electron chi connectivity index (χ0n) is 14.2. The summed E-state index contributed by atoms with van der Waals surface area (Å²) in [4.78, 5) is 14.4. The molecule has 3 aromatic rings. The van der Waals surface area contributed by atoms with E-state index >= 15 is 0 Å². The van der Waals surface area contributed by atoms with Gasteiger partial charge in [0.2, 0.25) is 0 Å². The molecule has 6 nitrogen and oxygen atoms in total. The number of aromatic amines is 1. The van der Waals surface area contributed by atoms with Gasteiger partial charge in [-0.2, -0.15) is 5.10 Å². The van der Waals surface area contributed by atoms with Crippen LogP contribution in [0.3, 0.4) is 0 Å². The van der Waals surface area contributed by atoms with Crippen LogP contribution in [0.1, 0.15) is 12.8 Å². The molecule has 1 saturated heterocycles. The fourth-order valence-corrected chi connectivity index (χ4v) is 3.41. The zero-order valence-corrected chi connectivity index (χ0v) is 15.0. The Morgan fingerprint density at radius 2 is 2.00 bits per heavy atom. The Labute approximate surface area is 156 Å². The second kappa shape index (κ2) is 7.25. The summed E-state index contributed by atoms with van der Waals surface area (Å²) in [7, 11) is 0. The maximum atomic E-state index is 12.5. The predicted molar refractivity (Wildman–Crippen MR) is 105 cm³/mol. The third-order valence-electron chi connectivity index (χ3n) is 4.62. The second-order valence-corrected chi connectivity index (χ2v) is 6.98. The van der Waals surface area contributed by atoms with Crippen LogP contribution in [0.4, 0.5) is 16.2 Å². The number of nitrogens with one attached hydrogen (secondary N) is 3. The largest absolute Gasteiger partial charge is 0.381 e. The van der Waals surface area contributed by atoms with E-state index in [1.807, 2.05) is 23.2 Å². The Morgan fingerprint density at radius 3 is 2.85 bits per heavy atom. The number of hydrogen-bond acceptors (Lipinski definition) is 3. The first-order valence-corrected chi connectivity index (χ1v) is 9.06. The number of anilines is 2. The summed E-state index contributed by atoms with van der Waals surface area (Å²) >= 11 is 5.88. The maximum absolute atomic E-state index is 12.5. The maximum Gasteiger partial charge on any atom is 0.321 e. The lowest BCUT2D eigenvalue weighted by Gasteiger charge is -2.33. The number of hydrogen-bond donors (Lipinski definition) is 3. The van der Waals surface area contributed by atoms with Gasteiger partial charge in [-0.1, -0.05) is 11.6 Å². The summed E-state index contributed by atoms with van der Waals surface area (Å²) < 4.78 is 0. The molecule has 1 aliphatic heterocycles. The number of amides is 2. The number of rotatable bonds is 3. The number of piperidine rings is 1. The van der Waals surface area contributed by atoms with E-state index in [1.54, 1.807) is 24.3 Å². The molecule has 0 spiro atoms. The fourth-order valence-electron chi connectivity index (χ4n) is 3.28. The molecule has 1 aliphatic rings. The summed E-state index contributed by atoms with van der Waals surface area (Å²) in [6, 6.07) is 13.4. The number of urea groups is 1. The van der Waals surface area contributed by atoms with E-state index in [0.29, 0.717) is 11.6 Å². The third kappa shape index (κ3) is 3.75. The Hall–Kier alpha value is -2.73. The van der Waals surface area contributed by atoms with Gasteiger partial charge in [0, 0.05) is 40.9 Å². The molecule has 2 heterocycles. The lowest BCUT2D eigenvalue weighted by molar-refractivity contribution is 0.196. The minimum atomic E-state index is -0.0795. The molecule has 26 heavy (non-hydrogen) atoms. The highest BCUT2D eigenvalue weighted by Crippen LogP contribution is 2.21. The van der Waals surface area contributed by atoms with Gasteiger partial charge in [0.05, 0.1) is 11.7 Å². The Balaban J connectivity index is 1.38. The van der Waals surface area contributed by atoms with Gasteiger partial charge >= 0.3 is 6.03 Å². The van der Waals surface area contributed by atoms with Crippen LogP contribution < -0.4 is 10.6 Å². The first-order chi connectivity index (χ1) is 12.7. The van der Waals surface area contributed by atoms with Gasteiger partial charge < -0.3 is 15.5 Å². The number of benzene rings is 2. The van der Waals surface area contributed by atoms with E-state index in [9.17, 15) is 4.79 Å². The summed E-state index contributed by atoms with van der Waals surface area (Å²) in [5.41, 5.74) is 2.81. The van der Waals surface area contributed by atoms with Crippen LogP contribution in [0.15, 0.2) is 48.7 Å². The number of carbonyl (C=O) groups excluding carboxylic acids is 1. The summed E-state index contributed by atoms with van der Waals surface area (Å²) in [5.74, 6) is 0. The third-order valence-corrected chi connectivity index (χ3v) is 4.87. The number of nitrogens with zero attached hydrogens (tertiary/aromatic N) is 2. The fraction of sp³-hybridized carbons (Fsp3) is 0.263. The highest BCUT2D eigenvalue weighted by atomic mass is 35.5. The van der Waals surface area contributed by atoms with Crippen LogP contribution in [0.2, 0.25) is 5.02 Å². The van der Waals surface area contributed by atoms with Crippen molar-refractivity contribution in [2.75, 3.05) is 23.7 Å². The molecule has 1 aromatic heterocycles. The topological polar surface area (TPSA) is 73.1 Å². The molecule has 4 rings (SSSR count). The number of aromatic nitrogens is 2. The molecule has 1 atom stereocenters. The van der Waals surface area contributed by atoms with Crippen LogP contribution >= 0.6 is 11.6 Å². The summed E-state index contributed by atoms with van der Waals surface area (Å²) in [5, 5.41) is 15.2. The smallest absolute Gasteiger partial charge is 0.321 e. The van der Waals surface area contributed by atoms with E-state index in [4.69, 9.17) is 11.6 Å². The van der Waals surface area contributed by atoms with Gasteiger partial charge in [-0.15, -0.1) is 0 Å². The number of likely N-dealkylation sites (tertiary alicyclic amines) is 1. The highest BCUT2D eigenvalue weighted by molar-refractivity contribution is 6.30. The van der Waals surface area contributed by atoms with Crippen LogP contribution in [0, 0.1) is 0 Å². The molecule has 2 aromatic carbocycles. The number of carbonyl (C=O) groups is 1. The van der Waals surface area contributed by atoms with Crippen molar-refractivity contribution in [3.63, 3.8) is 0 Å². The van der Waals surface area contributed by atoms with E-state index in [1.165, 1.54) is 0 Å². The number of halogens is 1. The standard InChI is InChI=1S/C19H20ClN5O/c20-14-3-5-15(6-4-14)23-19(26)25-9-1-2-17(12-25)22-16-7-8-18-13(10-16)11-21-24-18/h3-8,10-11,17,22H,1-2,9,12H2,(H,21,24)(H,23,26). The molecule has 7 heteroatoms. The van der Waals surface area contributed by atoms with Crippen LogP contribution in [0.5, 0.6) is 0 Å². The quantitative estimate of drug-likeness (QED) is 0.643. The summed E-state index contributed by atoms with van der Waals surface area (Å²) in [6.45, 7) is 1.43.